The van der Waals surface area contributed by atoms with E-state index in [0.717, 1.165) is 83.7 Å². The number of nitrogens with zero attached hydrogens (tertiary/aromatic N) is 4. The molecular formula is C46H50N4O3. The zero-order valence-electron chi connectivity index (χ0n) is 31.4. The zero-order chi connectivity index (χ0) is 36.8. The molecule has 0 saturated heterocycles. The summed E-state index contributed by atoms with van der Waals surface area (Å²) < 4.78 is 18.7. The van der Waals surface area contributed by atoms with E-state index in [9.17, 15) is 0 Å². The largest absolute Gasteiger partial charge is 0.494 e. The van der Waals surface area contributed by atoms with Gasteiger partial charge in [0.25, 0.3) is 0 Å². The highest BCUT2D eigenvalue weighted by Gasteiger charge is 2.26. The standard InChI is InChI=1S/C46H50N4O3/c1-5-9-33-11-15-37(16-12-33)45(43-31-47-41(29-49-43)35-19-23-39(24-20-35)51-27-7-3)53-46(38-17-13-34(10-6-2)14-18-38)44-32-48-42(30-50-44)36-21-25-40(26-22-36)52-28-8-4/h11-26,29-32,45-46H,5-10,27-28H2,1-4H3. The molecular weight excluding hydrogens is 657 g/mol. The average molecular weight is 707 g/mol. The summed E-state index contributed by atoms with van der Waals surface area (Å²) in [6.45, 7) is 9.98. The maximum absolute atomic E-state index is 7.15. The van der Waals surface area contributed by atoms with Gasteiger partial charge in [-0.3, -0.25) is 19.9 Å². The second kappa shape index (κ2) is 18.9. The van der Waals surface area contributed by atoms with Crippen LogP contribution in [-0.4, -0.2) is 33.1 Å². The Morgan fingerprint density at radius 2 is 0.830 bits per heavy atom. The van der Waals surface area contributed by atoms with Gasteiger partial charge in [-0.1, -0.05) is 89.1 Å². The summed E-state index contributed by atoms with van der Waals surface area (Å²) >= 11 is 0. The van der Waals surface area contributed by atoms with Crippen molar-refractivity contribution in [3.05, 3.63) is 155 Å². The van der Waals surface area contributed by atoms with Gasteiger partial charge in [0.1, 0.15) is 23.7 Å². The van der Waals surface area contributed by atoms with Crippen LogP contribution in [0.5, 0.6) is 11.5 Å². The van der Waals surface area contributed by atoms with Gasteiger partial charge in [-0.15, -0.1) is 0 Å². The predicted molar refractivity (Wildman–Crippen MR) is 212 cm³/mol. The summed E-state index contributed by atoms with van der Waals surface area (Å²) in [6, 6.07) is 33.3. The van der Waals surface area contributed by atoms with E-state index in [4.69, 9.17) is 34.1 Å². The van der Waals surface area contributed by atoms with Crippen LogP contribution >= 0.6 is 0 Å². The molecule has 2 heterocycles. The van der Waals surface area contributed by atoms with E-state index >= 15 is 0 Å². The van der Waals surface area contributed by atoms with E-state index in [2.05, 4.69) is 76.2 Å². The smallest absolute Gasteiger partial charge is 0.127 e. The molecule has 2 aromatic heterocycles. The lowest BCUT2D eigenvalue weighted by atomic mass is 10.00. The fourth-order valence-electron chi connectivity index (χ4n) is 6.20. The number of hydrogen-bond acceptors (Lipinski definition) is 7. The Hall–Kier alpha value is -5.40. The van der Waals surface area contributed by atoms with Gasteiger partial charge in [-0.05, 0) is 96.5 Å². The predicted octanol–water partition coefficient (Wildman–Crippen LogP) is 11.0. The third kappa shape index (κ3) is 9.93. The third-order valence-electron chi connectivity index (χ3n) is 9.04. The van der Waals surface area contributed by atoms with Crippen molar-refractivity contribution in [2.24, 2.45) is 0 Å². The SMILES string of the molecule is CCCOc1ccc(-c2cnc(C(OC(c3ccc(CCC)cc3)c3cnc(-c4ccc(OCCC)cc4)cn3)c3ccc(CCC)cc3)cn2)cc1. The quantitative estimate of drug-likeness (QED) is 0.0880. The Labute approximate surface area is 314 Å². The lowest BCUT2D eigenvalue weighted by molar-refractivity contribution is 0.0258. The molecule has 7 heteroatoms. The molecule has 53 heavy (non-hydrogen) atoms. The summed E-state index contributed by atoms with van der Waals surface area (Å²) in [7, 11) is 0. The van der Waals surface area contributed by atoms with Crippen LogP contribution < -0.4 is 9.47 Å². The first-order chi connectivity index (χ1) is 26.1. The van der Waals surface area contributed by atoms with Gasteiger partial charge >= 0.3 is 0 Å². The highest BCUT2D eigenvalue weighted by atomic mass is 16.5. The van der Waals surface area contributed by atoms with Gasteiger partial charge in [0.05, 0.1) is 60.8 Å². The minimum atomic E-state index is -0.519. The summed E-state index contributed by atoms with van der Waals surface area (Å²) in [5, 5.41) is 0. The van der Waals surface area contributed by atoms with Crippen molar-refractivity contribution in [1.29, 1.82) is 0 Å². The Kier molecular flexibility index (Phi) is 13.3. The van der Waals surface area contributed by atoms with Crippen LogP contribution in [0.3, 0.4) is 0 Å². The van der Waals surface area contributed by atoms with Crippen LogP contribution in [0.2, 0.25) is 0 Å². The third-order valence-corrected chi connectivity index (χ3v) is 9.04. The minimum Gasteiger partial charge on any atom is -0.494 e. The fourth-order valence-corrected chi connectivity index (χ4v) is 6.20. The van der Waals surface area contributed by atoms with Gasteiger partial charge in [-0.25, -0.2) is 0 Å². The van der Waals surface area contributed by atoms with Crippen molar-refractivity contribution in [3.8, 4) is 34.0 Å². The molecule has 0 radical (unpaired) electrons. The Morgan fingerprint density at radius 3 is 1.15 bits per heavy atom. The molecule has 0 N–H and O–H groups in total. The molecule has 0 saturated carbocycles. The molecule has 0 spiro atoms. The van der Waals surface area contributed by atoms with Crippen molar-refractivity contribution in [2.45, 2.75) is 78.4 Å². The van der Waals surface area contributed by atoms with E-state index in [0.29, 0.717) is 24.6 Å². The van der Waals surface area contributed by atoms with Crippen molar-refractivity contribution in [2.75, 3.05) is 13.2 Å². The molecule has 4 aromatic carbocycles. The topological polar surface area (TPSA) is 79.2 Å². The zero-order valence-corrected chi connectivity index (χ0v) is 31.4. The van der Waals surface area contributed by atoms with E-state index in [1.165, 1.54) is 11.1 Å². The molecule has 272 valence electrons. The van der Waals surface area contributed by atoms with Crippen LogP contribution in [0.25, 0.3) is 22.5 Å². The minimum absolute atomic E-state index is 0.519. The second-order valence-corrected chi connectivity index (χ2v) is 13.3. The molecule has 0 amide bonds. The molecule has 0 aliphatic carbocycles. The van der Waals surface area contributed by atoms with Gasteiger partial charge in [0.2, 0.25) is 0 Å². The summed E-state index contributed by atoms with van der Waals surface area (Å²) in [4.78, 5) is 19.6. The Balaban J connectivity index is 1.34. The molecule has 2 atom stereocenters. The number of aromatic nitrogens is 4. The number of rotatable bonds is 18. The van der Waals surface area contributed by atoms with E-state index in [1.54, 1.807) is 0 Å². The molecule has 2 unspecified atom stereocenters. The van der Waals surface area contributed by atoms with Crippen LogP contribution in [0, 0.1) is 0 Å². The number of aryl methyl sites for hydroxylation is 2. The van der Waals surface area contributed by atoms with Crippen molar-refractivity contribution < 1.29 is 14.2 Å². The number of ether oxygens (including phenoxy) is 3. The summed E-state index contributed by atoms with van der Waals surface area (Å²) in [6.07, 6.45) is 12.4. The maximum Gasteiger partial charge on any atom is 0.127 e. The second-order valence-electron chi connectivity index (χ2n) is 13.3. The van der Waals surface area contributed by atoms with Gasteiger partial charge in [0, 0.05) is 11.1 Å². The summed E-state index contributed by atoms with van der Waals surface area (Å²) in [5.74, 6) is 1.69. The first kappa shape index (κ1) is 37.4. The van der Waals surface area contributed by atoms with Crippen molar-refractivity contribution >= 4 is 0 Å². The highest BCUT2D eigenvalue weighted by Crippen LogP contribution is 2.36. The molecule has 0 aliphatic heterocycles. The van der Waals surface area contributed by atoms with E-state index < -0.39 is 12.2 Å². The molecule has 7 nitrogen and oxygen atoms in total. The van der Waals surface area contributed by atoms with Crippen LogP contribution in [0.1, 0.15) is 99.2 Å². The van der Waals surface area contributed by atoms with Gasteiger partial charge in [0.15, 0.2) is 0 Å². The lowest BCUT2D eigenvalue weighted by Crippen LogP contribution is -2.16. The van der Waals surface area contributed by atoms with E-state index in [-0.39, 0.29) is 0 Å². The van der Waals surface area contributed by atoms with Gasteiger partial charge in [-0.2, -0.15) is 0 Å². The fraction of sp³-hybridized carbons (Fsp3) is 0.304. The Bertz CT molecular complexity index is 1820. The molecule has 6 rings (SSSR count). The first-order valence-corrected chi connectivity index (χ1v) is 19.0. The number of benzene rings is 4. The van der Waals surface area contributed by atoms with Crippen LogP contribution in [0.15, 0.2) is 122 Å². The van der Waals surface area contributed by atoms with Crippen LogP contribution in [-0.2, 0) is 17.6 Å². The van der Waals surface area contributed by atoms with Crippen molar-refractivity contribution in [1.82, 2.24) is 19.9 Å². The number of hydrogen-bond donors (Lipinski definition) is 0. The lowest BCUT2D eigenvalue weighted by Gasteiger charge is -2.25. The molecule has 0 bridgehead atoms. The van der Waals surface area contributed by atoms with Crippen molar-refractivity contribution in [3.63, 3.8) is 0 Å². The Morgan fingerprint density at radius 1 is 0.434 bits per heavy atom. The van der Waals surface area contributed by atoms with E-state index in [1.807, 2.05) is 73.3 Å². The van der Waals surface area contributed by atoms with Crippen LogP contribution in [0.4, 0.5) is 0 Å². The summed E-state index contributed by atoms with van der Waals surface area (Å²) in [5.41, 5.74) is 9.48. The molecule has 0 fully saturated rings. The monoisotopic (exact) mass is 706 g/mol. The average Bonchev–Trinajstić information content (AvgIpc) is 3.21. The highest BCUT2D eigenvalue weighted by molar-refractivity contribution is 5.60. The molecule has 0 aliphatic rings. The normalized spacial score (nSPS) is 12.3. The maximum atomic E-state index is 7.15. The first-order valence-electron chi connectivity index (χ1n) is 19.0. The molecule has 6 aromatic rings. The van der Waals surface area contributed by atoms with Gasteiger partial charge < -0.3 is 14.2 Å².